The molecule has 0 spiro atoms. The average Bonchev–Trinajstić information content (AvgIpc) is 2.96. The first-order valence-electron chi connectivity index (χ1n) is 6.51. The monoisotopic (exact) mass is 324 g/mol. The summed E-state index contributed by atoms with van der Waals surface area (Å²) in [7, 11) is 0. The number of hydrogen-bond donors (Lipinski definition) is 1. The molecule has 0 unspecified atom stereocenters. The molecule has 0 saturated heterocycles. The third-order valence-corrected chi connectivity index (χ3v) is 2.94. The van der Waals surface area contributed by atoms with E-state index in [-0.39, 0.29) is 17.5 Å². The second-order valence-corrected chi connectivity index (χ2v) is 4.68. The molecule has 23 heavy (non-hydrogen) atoms. The first-order valence-corrected chi connectivity index (χ1v) is 6.51. The Bertz CT molecular complexity index is 750. The quantitative estimate of drug-likeness (QED) is 0.875. The highest BCUT2D eigenvalue weighted by Crippen LogP contribution is 2.26. The second kappa shape index (κ2) is 5.76. The molecule has 0 radical (unpaired) electrons. The van der Waals surface area contributed by atoms with Gasteiger partial charge in [0.2, 0.25) is 5.82 Å². The van der Waals surface area contributed by atoms with Gasteiger partial charge in [0.05, 0.1) is 12.1 Å². The summed E-state index contributed by atoms with van der Waals surface area (Å²) in [4.78, 5) is 4.20. The highest BCUT2D eigenvalue weighted by molar-refractivity contribution is 5.70. The summed E-state index contributed by atoms with van der Waals surface area (Å²) in [6.07, 6.45) is 0.551. The van der Waals surface area contributed by atoms with Crippen LogP contribution in [0.1, 0.15) is 5.89 Å². The van der Waals surface area contributed by atoms with Crippen molar-refractivity contribution in [1.82, 2.24) is 15.1 Å². The average molecular weight is 324 g/mol. The molecule has 9 heteroatoms. The highest BCUT2D eigenvalue weighted by atomic mass is 19.4. The molecule has 3 rings (SSSR count). The van der Waals surface area contributed by atoms with Gasteiger partial charge in [-0.3, -0.25) is 0 Å². The van der Waals surface area contributed by atoms with Crippen molar-refractivity contribution in [3.8, 4) is 17.1 Å². The second-order valence-electron chi connectivity index (χ2n) is 4.68. The van der Waals surface area contributed by atoms with Crippen LogP contribution in [0.5, 0.6) is 5.75 Å². The van der Waals surface area contributed by atoms with E-state index >= 15 is 0 Å². The summed E-state index contributed by atoms with van der Waals surface area (Å²) in [5.41, 5.74) is 1.15. The lowest BCUT2D eigenvalue weighted by molar-refractivity contribution is -0.274. The summed E-state index contributed by atoms with van der Waals surface area (Å²) in [6.45, 7) is 0.575. The van der Waals surface area contributed by atoms with Gasteiger partial charge in [-0.2, -0.15) is 4.98 Å². The number of benzene rings is 1. The molecule has 1 aromatic heterocycles. The van der Waals surface area contributed by atoms with Crippen molar-refractivity contribution < 1.29 is 22.4 Å². The number of nitrogens with zero attached hydrogens (tertiary/aromatic N) is 3. The largest absolute Gasteiger partial charge is 0.573 e. The lowest BCUT2D eigenvalue weighted by atomic mass is 10.2. The number of aromatic nitrogens is 2. The molecule has 2 N–H and O–H groups in total. The maximum Gasteiger partial charge on any atom is 0.573 e. The summed E-state index contributed by atoms with van der Waals surface area (Å²) in [6, 6.07) is 5.19. The van der Waals surface area contributed by atoms with E-state index in [1.165, 1.54) is 29.3 Å². The van der Waals surface area contributed by atoms with E-state index < -0.39 is 6.36 Å². The minimum absolute atomic E-state index is 0.252. The zero-order valence-corrected chi connectivity index (χ0v) is 11.6. The maximum absolute atomic E-state index is 12.1. The van der Waals surface area contributed by atoms with Crippen molar-refractivity contribution in [1.29, 1.82) is 0 Å². The molecule has 1 aliphatic heterocycles. The number of ether oxygens (including phenoxy) is 1. The van der Waals surface area contributed by atoms with E-state index in [4.69, 9.17) is 10.4 Å². The van der Waals surface area contributed by atoms with Gasteiger partial charge in [0.15, 0.2) is 0 Å². The van der Waals surface area contributed by atoms with Crippen LogP contribution < -0.4 is 10.6 Å². The first-order chi connectivity index (χ1) is 10.9. The van der Waals surface area contributed by atoms with Crippen LogP contribution in [0, 0.1) is 0 Å². The van der Waals surface area contributed by atoms with Gasteiger partial charge in [-0.15, -0.1) is 13.2 Å². The molecule has 1 aliphatic rings. The Hall–Kier alpha value is -2.81. The third-order valence-electron chi connectivity index (χ3n) is 2.94. The van der Waals surface area contributed by atoms with Gasteiger partial charge in [0, 0.05) is 11.8 Å². The van der Waals surface area contributed by atoms with Crippen molar-refractivity contribution in [2.24, 2.45) is 5.84 Å². The summed E-state index contributed by atoms with van der Waals surface area (Å²) in [5.74, 6) is 5.86. The SMILES string of the molecule is NN1C=C(c2nc(-c3ccc(OC(F)(F)F)cc3)no2)C=CC1. The number of nitrogens with two attached hydrogens (primary N) is 1. The Balaban J connectivity index is 1.79. The van der Waals surface area contributed by atoms with Gasteiger partial charge in [0.1, 0.15) is 5.75 Å². The molecule has 2 heterocycles. The van der Waals surface area contributed by atoms with Gasteiger partial charge in [0.25, 0.3) is 5.89 Å². The van der Waals surface area contributed by atoms with Crippen LogP contribution in [-0.4, -0.2) is 28.1 Å². The van der Waals surface area contributed by atoms with Gasteiger partial charge >= 0.3 is 6.36 Å². The minimum Gasteiger partial charge on any atom is -0.406 e. The molecular formula is C14H11F3N4O2. The number of alkyl halides is 3. The van der Waals surface area contributed by atoms with Gasteiger partial charge in [-0.05, 0) is 24.3 Å². The minimum atomic E-state index is -4.73. The van der Waals surface area contributed by atoms with Crippen LogP contribution in [0.15, 0.2) is 47.1 Å². The predicted octanol–water partition coefficient (Wildman–Crippen LogP) is 2.72. The van der Waals surface area contributed by atoms with Gasteiger partial charge in [-0.25, -0.2) is 5.84 Å². The smallest absolute Gasteiger partial charge is 0.406 e. The summed E-state index contributed by atoms with van der Waals surface area (Å²) < 4.78 is 45.3. The fourth-order valence-corrected chi connectivity index (χ4v) is 1.97. The summed E-state index contributed by atoms with van der Waals surface area (Å²) >= 11 is 0. The molecule has 2 aromatic rings. The van der Waals surface area contributed by atoms with Crippen LogP contribution in [0.2, 0.25) is 0 Å². The molecule has 0 amide bonds. The normalized spacial score (nSPS) is 14.8. The standard InChI is InChI=1S/C14H11F3N4O2/c15-14(16,17)22-11-5-3-9(4-6-11)12-19-13(23-20-12)10-2-1-7-21(18)8-10/h1-6,8H,7,18H2. The molecule has 0 bridgehead atoms. The van der Waals surface area contributed by atoms with Crippen molar-refractivity contribution in [2.45, 2.75) is 6.36 Å². The fourth-order valence-electron chi connectivity index (χ4n) is 1.97. The van der Waals surface area contributed by atoms with Crippen LogP contribution >= 0.6 is 0 Å². The van der Waals surface area contributed by atoms with E-state index in [0.29, 0.717) is 17.7 Å². The lowest BCUT2D eigenvalue weighted by Crippen LogP contribution is -2.26. The molecule has 0 fully saturated rings. The predicted molar refractivity (Wildman–Crippen MR) is 74.4 cm³/mol. The Morgan fingerprint density at radius 2 is 1.96 bits per heavy atom. The zero-order chi connectivity index (χ0) is 16.4. The van der Waals surface area contributed by atoms with Gasteiger partial charge < -0.3 is 14.3 Å². The number of hydrogen-bond acceptors (Lipinski definition) is 6. The third kappa shape index (κ3) is 3.69. The molecule has 6 nitrogen and oxygen atoms in total. The van der Waals surface area contributed by atoms with Gasteiger partial charge in [-0.1, -0.05) is 17.3 Å². The molecule has 120 valence electrons. The van der Waals surface area contributed by atoms with Crippen LogP contribution in [0.25, 0.3) is 17.0 Å². The number of hydrazine groups is 1. The van der Waals surface area contributed by atoms with Crippen molar-refractivity contribution in [3.05, 3.63) is 48.5 Å². The topological polar surface area (TPSA) is 77.4 Å². The molecule has 1 aromatic carbocycles. The Morgan fingerprint density at radius 3 is 2.61 bits per heavy atom. The highest BCUT2D eigenvalue weighted by Gasteiger charge is 2.31. The van der Waals surface area contributed by atoms with Crippen molar-refractivity contribution in [2.75, 3.05) is 6.54 Å². The number of allylic oxidation sites excluding steroid dienone is 2. The maximum atomic E-state index is 12.1. The van der Waals surface area contributed by atoms with Crippen molar-refractivity contribution in [3.63, 3.8) is 0 Å². The Morgan fingerprint density at radius 1 is 1.22 bits per heavy atom. The number of rotatable bonds is 3. The molecule has 0 atom stereocenters. The van der Waals surface area contributed by atoms with Crippen LogP contribution in [0.4, 0.5) is 13.2 Å². The van der Waals surface area contributed by atoms with E-state index in [9.17, 15) is 13.2 Å². The molecular weight excluding hydrogens is 313 g/mol. The van der Waals surface area contributed by atoms with Crippen LogP contribution in [0.3, 0.4) is 0 Å². The van der Waals surface area contributed by atoms with E-state index in [1.807, 2.05) is 6.08 Å². The molecule has 0 aliphatic carbocycles. The zero-order valence-electron chi connectivity index (χ0n) is 11.6. The number of halogens is 3. The first kappa shape index (κ1) is 15.1. The van der Waals surface area contributed by atoms with E-state index in [1.54, 1.807) is 12.3 Å². The Labute approximate surface area is 128 Å². The fraction of sp³-hybridized carbons (Fsp3) is 0.143. The van der Waals surface area contributed by atoms with Crippen molar-refractivity contribution >= 4 is 5.57 Å². The van der Waals surface area contributed by atoms with E-state index in [0.717, 1.165) is 0 Å². The van der Waals surface area contributed by atoms with Crippen LogP contribution in [-0.2, 0) is 0 Å². The lowest BCUT2D eigenvalue weighted by Gasteiger charge is -2.15. The van der Waals surface area contributed by atoms with E-state index in [2.05, 4.69) is 14.9 Å². The summed E-state index contributed by atoms with van der Waals surface area (Å²) in [5, 5.41) is 5.27. The molecule has 0 saturated carbocycles. The Kier molecular flexibility index (Phi) is 3.78.